The van der Waals surface area contributed by atoms with Gasteiger partial charge in [-0.25, -0.2) is 24.2 Å². The van der Waals surface area contributed by atoms with Crippen LogP contribution in [0.2, 0.25) is 0 Å². The molecule has 3 aromatic heterocycles. The van der Waals surface area contributed by atoms with Gasteiger partial charge in [-0.2, -0.15) is 9.55 Å². The first-order chi connectivity index (χ1) is 13.1. The van der Waals surface area contributed by atoms with E-state index in [0.29, 0.717) is 4.57 Å². The molecule has 0 aliphatic carbocycles. The molecule has 28 heavy (non-hydrogen) atoms. The zero-order valence-corrected chi connectivity index (χ0v) is 15.2. The molecule has 0 spiro atoms. The molecule has 0 unspecified atom stereocenters. The summed E-state index contributed by atoms with van der Waals surface area (Å²) in [5, 5.41) is 9.24. The first-order valence-corrected chi connectivity index (χ1v) is 8.16. The van der Waals surface area contributed by atoms with E-state index in [-0.39, 0.29) is 22.6 Å². The van der Waals surface area contributed by atoms with Gasteiger partial charge in [0.25, 0.3) is 0 Å². The van der Waals surface area contributed by atoms with Crippen molar-refractivity contribution in [3.05, 3.63) is 68.8 Å². The van der Waals surface area contributed by atoms with E-state index in [0.717, 1.165) is 4.40 Å². The lowest BCUT2D eigenvalue weighted by atomic mass is 10.2. The highest BCUT2D eigenvalue weighted by Crippen LogP contribution is 2.15. The van der Waals surface area contributed by atoms with E-state index in [9.17, 15) is 24.3 Å². The van der Waals surface area contributed by atoms with Gasteiger partial charge < -0.3 is 9.84 Å². The number of carboxylic acids is 1. The van der Waals surface area contributed by atoms with Crippen LogP contribution < -0.4 is 11.4 Å². The Labute approximate surface area is 157 Å². The first kappa shape index (κ1) is 19.0. The van der Waals surface area contributed by atoms with Gasteiger partial charge in [0.05, 0.1) is 0 Å². The van der Waals surface area contributed by atoms with Crippen LogP contribution in [0.5, 0.6) is 0 Å². The number of ether oxygens (including phenoxy) is 1. The summed E-state index contributed by atoms with van der Waals surface area (Å²) in [6.07, 6.45) is 2.57. The molecule has 0 atom stereocenters. The van der Waals surface area contributed by atoms with Crippen molar-refractivity contribution < 1.29 is 19.4 Å². The minimum absolute atomic E-state index is 0.104. The third-order valence-corrected chi connectivity index (χ3v) is 3.61. The highest BCUT2D eigenvalue weighted by atomic mass is 16.6. The Balaban J connectivity index is 2.30. The van der Waals surface area contributed by atoms with Crippen molar-refractivity contribution in [3.8, 4) is 5.82 Å². The van der Waals surface area contributed by atoms with Gasteiger partial charge in [0.15, 0.2) is 11.5 Å². The second kappa shape index (κ2) is 6.72. The summed E-state index contributed by atoms with van der Waals surface area (Å²) in [5.74, 6) is -2.37. The molecule has 0 fully saturated rings. The highest BCUT2D eigenvalue weighted by molar-refractivity contribution is 5.94. The number of rotatable bonds is 3. The van der Waals surface area contributed by atoms with Gasteiger partial charge in [-0.15, -0.1) is 0 Å². The summed E-state index contributed by atoms with van der Waals surface area (Å²) in [7, 11) is 0. The molecule has 0 bridgehead atoms. The summed E-state index contributed by atoms with van der Waals surface area (Å²) in [5.41, 5.74) is -3.51. The molecule has 0 aromatic carbocycles. The summed E-state index contributed by atoms with van der Waals surface area (Å²) in [6, 6.07) is 5.38. The van der Waals surface area contributed by atoms with Crippen molar-refractivity contribution in [2.24, 2.45) is 0 Å². The number of aromatic carboxylic acids is 1. The molecule has 3 aromatic rings. The Morgan fingerprint density at radius 2 is 1.79 bits per heavy atom. The monoisotopic (exact) mass is 384 g/mol. The minimum Gasteiger partial charge on any atom is -0.478 e. The van der Waals surface area contributed by atoms with Crippen LogP contribution in [0, 0.1) is 0 Å². The van der Waals surface area contributed by atoms with Gasteiger partial charge in [-0.1, -0.05) is 0 Å². The standard InChI is InChI=1S/C18H16N4O6/c1-18(2,3)28-15(25)11-6-4-8-19-12(11)22-16(26)20-13-10(14(23)24)7-5-9-21(13)17(22)27/h4-9H,1-3H3,(H,23,24). The van der Waals surface area contributed by atoms with Crippen LogP contribution in [-0.2, 0) is 4.74 Å². The van der Waals surface area contributed by atoms with Crippen LogP contribution in [0.3, 0.4) is 0 Å². The van der Waals surface area contributed by atoms with Crippen LogP contribution in [0.25, 0.3) is 11.5 Å². The molecule has 10 heteroatoms. The number of hydrogen-bond donors (Lipinski definition) is 1. The van der Waals surface area contributed by atoms with Crippen LogP contribution >= 0.6 is 0 Å². The zero-order valence-electron chi connectivity index (χ0n) is 15.2. The van der Waals surface area contributed by atoms with Crippen LogP contribution in [0.1, 0.15) is 41.5 Å². The van der Waals surface area contributed by atoms with E-state index in [1.54, 1.807) is 20.8 Å². The molecule has 3 rings (SSSR count). The number of aromatic nitrogens is 4. The number of carboxylic acid groups (broad SMARTS) is 1. The topological polar surface area (TPSA) is 133 Å². The third kappa shape index (κ3) is 3.39. The number of carbonyl (C=O) groups is 2. The minimum atomic E-state index is -1.34. The molecule has 10 nitrogen and oxygen atoms in total. The Morgan fingerprint density at radius 1 is 1.11 bits per heavy atom. The smallest absolute Gasteiger partial charge is 0.359 e. The Bertz CT molecular complexity index is 1220. The molecule has 0 aliphatic rings. The molecule has 1 N–H and O–H groups in total. The van der Waals surface area contributed by atoms with Crippen LogP contribution in [-0.4, -0.2) is 41.6 Å². The number of pyridine rings is 2. The van der Waals surface area contributed by atoms with Crippen molar-refractivity contribution >= 4 is 17.6 Å². The Hall–Kier alpha value is -3.82. The maximum atomic E-state index is 12.9. The number of carbonyl (C=O) groups excluding carboxylic acids is 1. The lowest BCUT2D eigenvalue weighted by Gasteiger charge is -2.20. The van der Waals surface area contributed by atoms with Crippen molar-refractivity contribution in [2.75, 3.05) is 0 Å². The van der Waals surface area contributed by atoms with Crippen molar-refractivity contribution in [1.29, 1.82) is 0 Å². The molecular formula is C18H16N4O6. The van der Waals surface area contributed by atoms with E-state index in [2.05, 4.69) is 9.97 Å². The average molecular weight is 384 g/mol. The summed E-state index contributed by atoms with van der Waals surface area (Å²) < 4.78 is 6.80. The summed E-state index contributed by atoms with van der Waals surface area (Å²) in [6.45, 7) is 5.02. The van der Waals surface area contributed by atoms with Crippen molar-refractivity contribution in [3.63, 3.8) is 0 Å². The van der Waals surface area contributed by atoms with E-state index >= 15 is 0 Å². The summed E-state index contributed by atoms with van der Waals surface area (Å²) in [4.78, 5) is 56.9. The fourth-order valence-electron chi connectivity index (χ4n) is 2.51. The molecule has 3 heterocycles. The third-order valence-electron chi connectivity index (χ3n) is 3.61. The van der Waals surface area contributed by atoms with E-state index in [1.807, 2.05) is 0 Å². The molecule has 144 valence electrons. The van der Waals surface area contributed by atoms with E-state index < -0.39 is 28.9 Å². The van der Waals surface area contributed by atoms with Gasteiger partial charge in [0.2, 0.25) is 0 Å². The fourth-order valence-corrected chi connectivity index (χ4v) is 2.51. The van der Waals surface area contributed by atoms with Gasteiger partial charge in [0, 0.05) is 12.4 Å². The predicted molar refractivity (Wildman–Crippen MR) is 97.0 cm³/mol. The normalized spacial score (nSPS) is 11.4. The molecule has 0 saturated heterocycles. The van der Waals surface area contributed by atoms with Gasteiger partial charge in [0.1, 0.15) is 16.7 Å². The number of hydrogen-bond acceptors (Lipinski definition) is 7. The van der Waals surface area contributed by atoms with E-state index in [1.165, 1.54) is 36.7 Å². The number of fused-ring (bicyclic) bond motifs is 1. The fraction of sp³-hybridized carbons (Fsp3) is 0.222. The van der Waals surface area contributed by atoms with E-state index in [4.69, 9.17) is 4.74 Å². The number of nitrogens with zero attached hydrogens (tertiary/aromatic N) is 4. The second-order valence-corrected chi connectivity index (χ2v) is 6.81. The van der Waals surface area contributed by atoms with Gasteiger partial charge >= 0.3 is 23.3 Å². The maximum Gasteiger partial charge on any atom is 0.359 e. The molecular weight excluding hydrogens is 368 g/mol. The summed E-state index contributed by atoms with van der Waals surface area (Å²) >= 11 is 0. The molecule has 0 amide bonds. The largest absolute Gasteiger partial charge is 0.478 e. The maximum absolute atomic E-state index is 12.9. The number of esters is 1. The predicted octanol–water partition coefficient (Wildman–Crippen LogP) is 0.894. The SMILES string of the molecule is CC(C)(C)OC(=O)c1cccnc1-n1c(=O)nc2c(C(=O)O)cccn2c1=O. The lowest BCUT2D eigenvalue weighted by Crippen LogP contribution is -2.40. The van der Waals surface area contributed by atoms with Crippen molar-refractivity contribution in [1.82, 2.24) is 18.9 Å². The van der Waals surface area contributed by atoms with Crippen molar-refractivity contribution in [2.45, 2.75) is 26.4 Å². The Kier molecular flexibility index (Phi) is 4.55. The van der Waals surface area contributed by atoms with Crippen LogP contribution in [0.4, 0.5) is 0 Å². The van der Waals surface area contributed by atoms with Gasteiger partial charge in [-0.3, -0.25) is 4.40 Å². The first-order valence-electron chi connectivity index (χ1n) is 8.16. The highest BCUT2D eigenvalue weighted by Gasteiger charge is 2.24. The van der Waals surface area contributed by atoms with Gasteiger partial charge in [-0.05, 0) is 45.0 Å². The average Bonchev–Trinajstić information content (AvgIpc) is 2.60. The zero-order chi connectivity index (χ0) is 20.6. The molecule has 0 radical (unpaired) electrons. The Morgan fingerprint density at radius 3 is 2.43 bits per heavy atom. The second-order valence-electron chi connectivity index (χ2n) is 6.81. The van der Waals surface area contributed by atoms with Crippen LogP contribution in [0.15, 0.2) is 46.2 Å². The quantitative estimate of drug-likeness (QED) is 0.659. The molecule has 0 aliphatic heterocycles. The lowest BCUT2D eigenvalue weighted by molar-refractivity contribution is 0.00689. The molecule has 0 saturated carbocycles.